The molecule has 0 aliphatic carbocycles. The minimum absolute atomic E-state index is 0.355. The molecular weight excluding hydrogens is 360 g/mol. The van der Waals surface area contributed by atoms with Gasteiger partial charge in [-0.2, -0.15) is 0 Å². The second-order valence-electron chi connectivity index (χ2n) is 7.43. The van der Waals surface area contributed by atoms with E-state index < -0.39 is 17.3 Å². The van der Waals surface area contributed by atoms with Crippen molar-refractivity contribution in [3.63, 3.8) is 0 Å². The molecule has 0 aliphatic rings. The van der Waals surface area contributed by atoms with E-state index in [0.717, 1.165) is 22.8 Å². The van der Waals surface area contributed by atoms with Crippen LogP contribution >= 0.6 is 0 Å². The lowest BCUT2D eigenvalue weighted by Gasteiger charge is -2.29. The van der Waals surface area contributed by atoms with E-state index in [-0.39, 0.29) is 0 Å². The minimum atomic E-state index is -0.573. The number of ether oxygens (including phenoxy) is 2. The maximum atomic E-state index is 11.5. The number of benzene rings is 1. The summed E-state index contributed by atoms with van der Waals surface area (Å²) in [4.78, 5) is 11.5. The fourth-order valence-electron chi connectivity index (χ4n) is 2.98. The second kappa shape index (κ2) is 8.20. The highest BCUT2D eigenvalue weighted by Gasteiger charge is 2.26. The van der Waals surface area contributed by atoms with Crippen molar-refractivity contribution in [3.8, 4) is 5.75 Å². The normalized spacial score (nSPS) is 14.0. The molecule has 0 spiro atoms. The Labute approximate surface area is 163 Å². The third kappa shape index (κ3) is 4.29. The van der Waals surface area contributed by atoms with Gasteiger partial charge in [-0.1, -0.05) is 5.57 Å². The first-order chi connectivity index (χ1) is 13.3. The van der Waals surface area contributed by atoms with Crippen LogP contribution in [0.15, 0.2) is 55.8 Å². The molecule has 1 aromatic carbocycles. The zero-order chi connectivity index (χ0) is 20.3. The first-order valence-electron chi connectivity index (χ1n) is 9.27. The van der Waals surface area contributed by atoms with E-state index in [4.69, 9.17) is 18.3 Å². The molecular formula is C22H26O6. The standard InChI is InChI=1S/C22H26O6/c1-14(5-7-19(23)22(2,3)25-4)9-11-27-21-15-6-8-20(24)28-18(15)13-17-16(21)10-12-26-17/h6,8-10,12-13,19,23H,5,7,11H2,1-4H3/b14-9+/t19-/m1/s1. The fourth-order valence-corrected chi connectivity index (χ4v) is 2.98. The van der Waals surface area contributed by atoms with Gasteiger partial charge in [-0.15, -0.1) is 0 Å². The van der Waals surface area contributed by atoms with Crippen LogP contribution in [-0.4, -0.2) is 30.5 Å². The van der Waals surface area contributed by atoms with E-state index in [9.17, 15) is 9.90 Å². The van der Waals surface area contributed by atoms with Crippen molar-refractivity contribution in [1.29, 1.82) is 0 Å². The summed E-state index contributed by atoms with van der Waals surface area (Å²) in [5, 5.41) is 11.8. The summed E-state index contributed by atoms with van der Waals surface area (Å²) in [5.41, 5.74) is 1.15. The predicted molar refractivity (Wildman–Crippen MR) is 108 cm³/mol. The van der Waals surface area contributed by atoms with Crippen molar-refractivity contribution >= 4 is 21.9 Å². The molecule has 1 atom stereocenters. The van der Waals surface area contributed by atoms with Crippen LogP contribution in [0.1, 0.15) is 33.6 Å². The number of hydrogen-bond acceptors (Lipinski definition) is 6. The van der Waals surface area contributed by atoms with E-state index >= 15 is 0 Å². The molecule has 2 aromatic heterocycles. The van der Waals surface area contributed by atoms with Crippen molar-refractivity contribution in [2.75, 3.05) is 13.7 Å². The Bertz CT molecular complexity index is 1040. The average molecular weight is 386 g/mol. The van der Waals surface area contributed by atoms with Gasteiger partial charge in [0.1, 0.15) is 23.5 Å². The number of furan rings is 1. The highest BCUT2D eigenvalue weighted by molar-refractivity contribution is 6.01. The number of aliphatic hydroxyl groups is 1. The molecule has 0 bridgehead atoms. The first kappa shape index (κ1) is 20.2. The topological polar surface area (TPSA) is 82.0 Å². The third-order valence-corrected chi connectivity index (χ3v) is 5.11. The quantitative estimate of drug-likeness (QED) is 0.456. The van der Waals surface area contributed by atoms with Crippen molar-refractivity contribution in [3.05, 3.63) is 52.6 Å². The number of aliphatic hydroxyl groups excluding tert-OH is 1. The Morgan fingerprint density at radius 3 is 2.75 bits per heavy atom. The Hall–Kier alpha value is -2.57. The molecule has 0 saturated carbocycles. The Kier molecular flexibility index (Phi) is 5.91. The van der Waals surface area contributed by atoms with Gasteiger partial charge in [0.15, 0.2) is 0 Å². The molecule has 1 N–H and O–H groups in total. The lowest BCUT2D eigenvalue weighted by Crippen LogP contribution is -2.37. The predicted octanol–water partition coefficient (Wildman–Crippen LogP) is 4.43. The lowest BCUT2D eigenvalue weighted by molar-refractivity contribution is -0.0797. The highest BCUT2D eigenvalue weighted by atomic mass is 16.5. The molecule has 150 valence electrons. The van der Waals surface area contributed by atoms with Gasteiger partial charge in [0.2, 0.25) is 0 Å². The van der Waals surface area contributed by atoms with Gasteiger partial charge in [0, 0.05) is 19.2 Å². The molecule has 6 heteroatoms. The Balaban J connectivity index is 1.73. The molecule has 0 fully saturated rings. The summed E-state index contributed by atoms with van der Waals surface area (Å²) < 4.78 is 22.0. The molecule has 3 rings (SSSR count). The average Bonchev–Trinajstić information content (AvgIpc) is 3.13. The molecule has 0 aliphatic heterocycles. The molecule has 0 unspecified atom stereocenters. The third-order valence-electron chi connectivity index (χ3n) is 5.11. The van der Waals surface area contributed by atoms with Crippen LogP contribution in [0.3, 0.4) is 0 Å². The molecule has 0 saturated heterocycles. The van der Waals surface area contributed by atoms with Crippen LogP contribution < -0.4 is 10.4 Å². The largest absolute Gasteiger partial charge is 0.488 e. The smallest absolute Gasteiger partial charge is 0.336 e. The Morgan fingerprint density at radius 2 is 2.00 bits per heavy atom. The molecule has 0 radical (unpaired) electrons. The molecule has 28 heavy (non-hydrogen) atoms. The molecule has 3 aromatic rings. The number of hydrogen-bond donors (Lipinski definition) is 1. The van der Waals surface area contributed by atoms with Crippen LogP contribution in [0.5, 0.6) is 5.75 Å². The first-order valence-corrected chi connectivity index (χ1v) is 9.27. The maximum Gasteiger partial charge on any atom is 0.336 e. The summed E-state index contributed by atoms with van der Waals surface area (Å²) in [5.74, 6) is 0.620. The number of allylic oxidation sites excluding steroid dienone is 1. The van der Waals surface area contributed by atoms with Gasteiger partial charge in [0.25, 0.3) is 0 Å². The van der Waals surface area contributed by atoms with Gasteiger partial charge in [-0.05, 0) is 51.8 Å². The summed E-state index contributed by atoms with van der Waals surface area (Å²) in [6.45, 7) is 6.10. The van der Waals surface area contributed by atoms with E-state index in [1.165, 1.54) is 6.07 Å². The minimum Gasteiger partial charge on any atom is -0.488 e. The summed E-state index contributed by atoms with van der Waals surface area (Å²) in [7, 11) is 1.60. The van der Waals surface area contributed by atoms with E-state index in [1.54, 1.807) is 25.5 Å². The zero-order valence-electron chi connectivity index (χ0n) is 16.7. The van der Waals surface area contributed by atoms with Crippen LogP contribution in [0.4, 0.5) is 0 Å². The summed E-state index contributed by atoms with van der Waals surface area (Å²) in [6, 6.07) is 6.60. The van der Waals surface area contributed by atoms with E-state index in [1.807, 2.05) is 32.9 Å². The van der Waals surface area contributed by atoms with E-state index in [2.05, 4.69) is 0 Å². The van der Waals surface area contributed by atoms with Gasteiger partial charge in [-0.3, -0.25) is 0 Å². The monoisotopic (exact) mass is 386 g/mol. The van der Waals surface area contributed by atoms with Gasteiger partial charge in [0.05, 0.1) is 28.7 Å². The molecule has 2 heterocycles. The van der Waals surface area contributed by atoms with Crippen LogP contribution in [0.2, 0.25) is 0 Å². The van der Waals surface area contributed by atoms with Crippen molar-refractivity contribution < 1.29 is 23.4 Å². The number of fused-ring (bicyclic) bond motifs is 2. The fraction of sp³-hybridized carbons (Fsp3) is 0.409. The number of methoxy groups -OCH3 is 1. The van der Waals surface area contributed by atoms with E-state index in [0.29, 0.717) is 29.9 Å². The highest BCUT2D eigenvalue weighted by Crippen LogP contribution is 2.35. The molecule has 6 nitrogen and oxygen atoms in total. The van der Waals surface area contributed by atoms with Crippen LogP contribution in [0, 0.1) is 0 Å². The van der Waals surface area contributed by atoms with Crippen LogP contribution in [0.25, 0.3) is 21.9 Å². The molecule has 0 amide bonds. The van der Waals surface area contributed by atoms with Gasteiger partial charge >= 0.3 is 5.63 Å². The van der Waals surface area contributed by atoms with Crippen molar-refractivity contribution in [1.82, 2.24) is 0 Å². The van der Waals surface area contributed by atoms with Gasteiger partial charge < -0.3 is 23.4 Å². The maximum absolute atomic E-state index is 11.5. The summed E-state index contributed by atoms with van der Waals surface area (Å²) in [6.07, 6.45) is 4.36. The SMILES string of the molecule is COC(C)(C)[C@H](O)CC/C(C)=C/COc1c2ccoc2cc2oc(=O)ccc12. The van der Waals surface area contributed by atoms with Crippen molar-refractivity contribution in [2.45, 2.75) is 45.3 Å². The number of rotatable bonds is 8. The van der Waals surface area contributed by atoms with Gasteiger partial charge in [-0.25, -0.2) is 4.79 Å². The van der Waals surface area contributed by atoms with Crippen molar-refractivity contribution in [2.24, 2.45) is 0 Å². The second-order valence-corrected chi connectivity index (χ2v) is 7.43. The van der Waals surface area contributed by atoms with Crippen LogP contribution in [-0.2, 0) is 4.74 Å². The summed E-state index contributed by atoms with van der Waals surface area (Å²) >= 11 is 0. The Morgan fingerprint density at radius 1 is 1.25 bits per heavy atom. The zero-order valence-corrected chi connectivity index (χ0v) is 16.7. The lowest BCUT2D eigenvalue weighted by atomic mass is 9.95.